The van der Waals surface area contributed by atoms with E-state index in [2.05, 4.69) is 95.3 Å². The fraction of sp³-hybridized carbons (Fsp3) is 0. The van der Waals surface area contributed by atoms with Gasteiger partial charge in [0, 0.05) is 7.14 Å². The zero-order valence-corrected chi connectivity index (χ0v) is 14.1. The van der Waals surface area contributed by atoms with Crippen LogP contribution in [0.15, 0.2) is 6.07 Å². The van der Waals surface area contributed by atoms with Gasteiger partial charge < -0.3 is 4.89 Å². The lowest BCUT2D eigenvalue weighted by Gasteiger charge is -2.06. The first-order valence-electron chi connectivity index (χ1n) is 2.72. The van der Waals surface area contributed by atoms with Crippen LogP contribution in [0.2, 0.25) is 0 Å². The van der Waals surface area contributed by atoms with Crippen LogP contribution in [0.4, 0.5) is 0 Å². The van der Waals surface area contributed by atoms with Gasteiger partial charge in [0.25, 0.3) is 0 Å². The maximum atomic E-state index is 8.63. The molecule has 0 amide bonds. The average molecular weight is 614 g/mol. The monoisotopic (exact) mass is 614 g/mol. The van der Waals surface area contributed by atoms with Crippen LogP contribution in [0, 0.1) is 14.3 Å². The SMILES string of the molecule is OOc1c(I)c(I)cc(I)c1I. The zero-order chi connectivity index (χ0) is 9.30. The van der Waals surface area contributed by atoms with E-state index in [1.807, 2.05) is 6.07 Å². The van der Waals surface area contributed by atoms with E-state index in [1.165, 1.54) is 0 Å². The van der Waals surface area contributed by atoms with Gasteiger partial charge in [-0.15, -0.1) is 0 Å². The molecule has 0 aliphatic heterocycles. The molecular formula is C6H2I4O2. The van der Waals surface area contributed by atoms with Gasteiger partial charge in [-0.05, 0) is 96.4 Å². The summed E-state index contributed by atoms with van der Waals surface area (Å²) in [7, 11) is 0. The molecule has 0 fully saturated rings. The first-order chi connectivity index (χ1) is 5.57. The lowest BCUT2D eigenvalue weighted by Crippen LogP contribution is -1.96. The summed E-state index contributed by atoms with van der Waals surface area (Å²) in [6.45, 7) is 0. The van der Waals surface area contributed by atoms with Crippen molar-refractivity contribution >= 4 is 90.4 Å². The Morgan fingerprint density at radius 2 is 1.42 bits per heavy atom. The number of halogens is 4. The molecule has 0 bridgehead atoms. The number of benzene rings is 1. The van der Waals surface area contributed by atoms with Crippen LogP contribution < -0.4 is 4.89 Å². The Balaban J connectivity index is 3.42. The van der Waals surface area contributed by atoms with Crippen molar-refractivity contribution in [1.82, 2.24) is 0 Å². The number of rotatable bonds is 1. The Kier molecular flexibility index (Phi) is 5.10. The van der Waals surface area contributed by atoms with E-state index in [1.54, 1.807) is 0 Å². The van der Waals surface area contributed by atoms with Crippen molar-refractivity contribution in [3.63, 3.8) is 0 Å². The van der Waals surface area contributed by atoms with Crippen LogP contribution >= 0.6 is 90.4 Å². The summed E-state index contributed by atoms with van der Waals surface area (Å²) < 4.78 is 4.06. The predicted molar refractivity (Wildman–Crippen MR) is 80.6 cm³/mol. The summed E-state index contributed by atoms with van der Waals surface area (Å²) in [6.07, 6.45) is 0. The zero-order valence-electron chi connectivity index (χ0n) is 5.44. The highest BCUT2D eigenvalue weighted by Gasteiger charge is 2.13. The Morgan fingerprint density at radius 3 is 1.75 bits per heavy atom. The molecule has 12 heavy (non-hydrogen) atoms. The van der Waals surface area contributed by atoms with E-state index < -0.39 is 0 Å². The van der Waals surface area contributed by atoms with Crippen LogP contribution in [-0.4, -0.2) is 5.26 Å². The van der Waals surface area contributed by atoms with E-state index in [0.29, 0.717) is 5.75 Å². The molecule has 0 unspecified atom stereocenters. The van der Waals surface area contributed by atoms with Gasteiger partial charge in [0.1, 0.15) is 0 Å². The normalized spacial score (nSPS) is 10.1. The molecule has 2 nitrogen and oxygen atoms in total. The van der Waals surface area contributed by atoms with Crippen LogP contribution in [0.25, 0.3) is 0 Å². The molecule has 66 valence electrons. The summed E-state index contributed by atoms with van der Waals surface area (Å²) in [5.41, 5.74) is 0. The molecule has 0 heterocycles. The fourth-order valence-corrected chi connectivity index (χ4v) is 3.90. The van der Waals surface area contributed by atoms with Gasteiger partial charge in [-0.2, -0.15) is 0 Å². The van der Waals surface area contributed by atoms with Crippen molar-refractivity contribution in [2.75, 3.05) is 0 Å². The van der Waals surface area contributed by atoms with Gasteiger partial charge >= 0.3 is 0 Å². The van der Waals surface area contributed by atoms with Gasteiger partial charge in [0.2, 0.25) is 0 Å². The van der Waals surface area contributed by atoms with Crippen molar-refractivity contribution in [3.05, 3.63) is 20.3 Å². The lowest BCUT2D eigenvalue weighted by molar-refractivity contribution is -0.139. The number of hydrogen-bond acceptors (Lipinski definition) is 2. The van der Waals surface area contributed by atoms with E-state index in [9.17, 15) is 0 Å². The molecule has 0 radical (unpaired) electrons. The molecule has 0 saturated carbocycles. The number of hydrogen-bond donors (Lipinski definition) is 1. The van der Waals surface area contributed by atoms with Gasteiger partial charge in [-0.1, -0.05) is 0 Å². The summed E-state index contributed by atoms with van der Waals surface area (Å²) in [5.74, 6) is 0.549. The van der Waals surface area contributed by atoms with Crippen molar-refractivity contribution in [2.24, 2.45) is 0 Å². The van der Waals surface area contributed by atoms with Crippen molar-refractivity contribution in [3.8, 4) is 5.75 Å². The highest BCUT2D eigenvalue weighted by molar-refractivity contribution is 14.1. The third-order valence-corrected chi connectivity index (χ3v) is 7.07. The second kappa shape index (κ2) is 5.11. The van der Waals surface area contributed by atoms with Crippen LogP contribution in [0.3, 0.4) is 0 Å². The molecule has 0 aliphatic rings. The summed E-state index contributed by atoms with van der Waals surface area (Å²) in [6, 6.07) is 2.05. The third kappa shape index (κ3) is 2.48. The Bertz CT molecular complexity index is 287. The Labute approximate surface area is 124 Å². The molecule has 1 N–H and O–H groups in total. The van der Waals surface area contributed by atoms with Gasteiger partial charge in [-0.25, -0.2) is 5.26 Å². The summed E-state index contributed by atoms with van der Waals surface area (Å²) >= 11 is 8.71. The smallest absolute Gasteiger partial charge is 0.193 e. The van der Waals surface area contributed by atoms with Crippen LogP contribution in [0.5, 0.6) is 5.75 Å². The molecule has 1 aromatic carbocycles. The van der Waals surface area contributed by atoms with Crippen molar-refractivity contribution in [1.29, 1.82) is 0 Å². The minimum atomic E-state index is 0.549. The average Bonchev–Trinajstić information content (AvgIpc) is 2.02. The highest BCUT2D eigenvalue weighted by Crippen LogP contribution is 2.33. The molecule has 0 aromatic heterocycles. The molecule has 0 spiro atoms. The second-order valence-corrected chi connectivity index (χ2v) is 6.37. The third-order valence-electron chi connectivity index (χ3n) is 1.16. The first-order valence-corrected chi connectivity index (χ1v) is 7.03. The topological polar surface area (TPSA) is 29.5 Å². The van der Waals surface area contributed by atoms with Crippen LogP contribution in [-0.2, 0) is 0 Å². The molecule has 0 saturated heterocycles. The van der Waals surface area contributed by atoms with Gasteiger partial charge in [0.15, 0.2) is 5.75 Å². The Morgan fingerprint density at radius 1 is 1.00 bits per heavy atom. The largest absolute Gasteiger partial charge is 0.338 e. The second-order valence-electron chi connectivity index (χ2n) is 1.89. The molecule has 0 atom stereocenters. The van der Waals surface area contributed by atoms with E-state index in [-0.39, 0.29) is 0 Å². The highest BCUT2D eigenvalue weighted by atomic mass is 127. The minimum Gasteiger partial charge on any atom is -0.338 e. The summed E-state index contributed by atoms with van der Waals surface area (Å²) in [5, 5.41) is 8.63. The molecule has 1 rings (SSSR count). The van der Waals surface area contributed by atoms with Crippen LogP contribution in [0.1, 0.15) is 0 Å². The summed E-state index contributed by atoms with van der Waals surface area (Å²) in [4.78, 5) is 4.31. The standard InChI is InChI=1S/C6H2I4O2/c7-2-1-3(8)5(10)6(12-11)4(2)9/h1,11H. The maximum Gasteiger partial charge on any atom is 0.193 e. The first kappa shape index (κ1) is 12.0. The quantitative estimate of drug-likeness (QED) is 0.225. The van der Waals surface area contributed by atoms with E-state index in [4.69, 9.17) is 5.26 Å². The van der Waals surface area contributed by atoms with E-state index in [0.717, 1.165) is 14.3 Å². The molecule has 1 aromatic rings. The fourth-order valence-electron chi connectivity index (χ4n) is 0.631. The predicted octanol–water partition coefficient (Wildman–Crippen LogP) is 3.96. The van der Waals surface area contributed by atoms with E-state index >= 15 is 0 Å². The molecule has 6 heteroatoms. The minimum absolute atomic E-state index is 0.549. The molecular weight excluding hydrogens is 612 g/mol. The Hall–Kier alpha value is 1.90. The lowest BCUT2D eigenvalue weighted by atomic mass is 10.3. The maximum absolute atomic E-state index is 8.63. The van der Waals surface area contributed by atoms with Crippen molar-refractivity contribution < 1.29 is 10.1 Å². The van der Waals surface area contributed by atoms with Gasteiger partial charge in [-0.3, -0.25) is 0 Å². The van der Waals surface area contributed by atoms with Gasteiger partial charge in [0.05, 0.1) is 7.14 Å². The van der Waals surface area contributed by atoms with Crippen molar-refractivity contribution in [2.45, 2.75) is 0 Å². The molecule has 0 aliphatic carbocycles.